The van der Waals surface area contributed by atoms with Crippen molar-refractivity contribution in [1.29, 1.82) is 5.26 Å². The van der Waals surface area contributed by atoms with Crippen LogP contribution in [0.5, 0.6) is 11.5 Å². The summed E-state index contributed by atoms with van der Waals surface area (Å²) in [5, 5.41) is 17.7. The Balaban J connectivity index is 3.34. The molecule has 68 valence electrons. The first-order valence-electron chi connectivity index (χ1n) is 3.31. The number of benzene rings is 1. The molecule has 0 spiro atoms. The molecule has 0 aliphatic carbocycles. The van der Waals surface area contributed by atoms with Gasteiger partial charge in [-0.05, 0) is 38.8 Å². The normalized spacial score (nSPS) is 9.38. The highest BCUT2D eigenvalue weighted by molar-refractivity contribution is 9.13. The first-order valence-corrected chi connectivity index (χ1v) is 4.90. The van der Waals surface area contributed by atoms with Crippen LogP contribution in [0.15, 0.2) is 15.0 Å². The van der Waals surface area contributed by atoms with Crippen molar-refractivity contribution in [3.8, 4) is 17.8 Å². The molecule has 0 aliphatic heterocycles. The summed E-state index contributed by atoms with van der Waals surface area (Å²) in [5.41, 5.74) is 0.692. The van der Waals surface area contributed by atoms with Crippen LogP contribution in [0.25, 0.3) is 0 Å². The lowest BCUT2D eigenvalue weighted by molar-refractivity contribution is 0.457. The van der Waals surface area contributed by atoms with Crippen LogP contribution in [0.3, 0.4) is 0 Å². The molecule has 0 atom stereocenters. The number of hydrogen-bond acceptors (Lipinski definition) is 3. The van der Waals surface area contributed by atoms with Crippen LogP contribution in [-0.2, 0) is 0 Å². The molecule has 5 heteroatoms. The lowest BCUT2D eigenvalue weighted by atomic mass is 10.2. The zero-order valence-electron chi connectivity index (χ0n) is 6.64. The van der Waals surface area contributed by atoms with Crippen LogP contribution in [-0.4, -0.2) is 5.11 Å². The number of ether oxygens (including phenoxy) is 1. The van der Waals surface area contributed by atoms with Crippen molar-refractivity contribution in [2.75, 3.05) is 0 Å². The second-order valence-corrected chi connectivity index (χ2v) is 3.93. The predicted octanol–water partition coefficient (Wildman–Crippen LogP) is 3.09. The van der Waals surface area contributed by atoms with E-state index in [0.717, 1.165) is 0 Å². The maximum Gasteiger partial charge on any atom is 0.292 e. The Morgan fingerprint density at radius 1 is 1.46 bits per heavy atom. The molecule has 1 N–H and O–H groups in total. The van der Waals surface area contributed by atoms with Crippen molar-refractivity contribution in [2.24, 2.45) is 0 Å². The van der Waals surface area contributed by atoms with E-state index in [-0.39, 0.29) is 11.5 Å². The van der Waals surface area contributed by atoms with Gasteiger partial charge in [0.2, 0.25) is 0 Å². The van der Waals surface area contributed by atoms with Gasteiger partial charge in [-0.2, -0.15) is 0 Å². The van der Waals surface area contributed by atoms with Crippen molar-refractivity contribution in [1.82, 2.24) is 0 Å². The van der Waals surface area contributed by atoms with Crippen molar-refractivity contribution in [2.45, 2.75) is 6.92 Å². The zero-order chi connectivity index (χ0) is 10.0. The Labute approximate surface area is 92.2 Å². The molecule has 0 radical (unpaired) electrons. The summed E-state index contributed by atoms with van der Waals surface area (Å²) in [6.45, 7) is 1.75. The van der Waals surface area contributed by atoms with Crippen molar-refractivity contribution in [3.63, 3.8) is 0 Å². The number of aromatic hydroxyl groups is 1. The number of rotatable bonds is 1. The fraction of sp³-hybridized carbons (Fsp3) is 0.125. The molecule has 0 aliphatic rings. The molecule has 0 fully saturated rings. The molecule has 0 saturated carbocycles. The summed E-state index contributed by atoms with van der Waals surface area (Å²) in [5.74, 6) is 0.373. The van der Waals surface area contributed by atoms with Crippen LogP contribution < -0.4 is 4.74 Å². The van der Waals surface area contributed by atoms with Gasteiger partial charge >= 0.3 is 0 Å². The number of halogens is 2. The molecule has 0 saturated heterocycles. The topological polar surface area (TPSA) is 53.2 Å². The quantitative estimate of drug-likeness (QED) is 0.811. The van der Waals surface area contributed by atoms with E-state index in [4.69, 9.17) is 5.26 Å². The predicted molar refractivity (Wildman–Crippen MR) is 54.5 cm³/mol. The van der Waals surface area contributed by atoms with Gasteiger partial charge in [-0.25, -0.2) is 0 Å². The number of phenolic OH excluding ortho intramolecular Hbond substituents is 1. The standard InChI is InChI=1S/C8H5Br2NO2/c1-4-5(12)2-6(13-3-11)8(10)7(4)9/h2,12H,1H3. The Kier molecular flexibility index (Phi) is 3.17. The Bertz CT molecular complexity index is 385. The molecule has 0 unspecified atom stereocenters. The highest BCUT2D eigenvalue weighted by Gasteiger charge is 2.12. The van der Waals surface area contributed by atoms with E-state index in [1.807, 2.05) is 0 Å². The number of hydrogen-bond donors (Lipinski definition) is 1. The zero-order valence-corrected chi connectivity index (χ0v) is 9.81. The highest BCUT2D eigenvalue weighted by atomic mass is 79.9. The fourth-order valence-corrected chi connectivity index (χ4v) is 1.70. The average Bonchev–Trinajstić information content (AvgIpc) is 2.11. The molecule has 1 rings (SSSR count). The van der Waals surface area contributed by atoms with E-state index in [2.05, 4.69) is 36.6 Å². The third kappa shape index (κ3) is 1.95. The number of nitriles is 1. The van der Waals surface area contributed by atoms with Crippen LogP contribution in [0.4, 0.5) is 0 Å². The molecular weight excluding hydrogens is 302 g/mol. The van der Waals surface area contributed by atoms with Crippen LogP contribution in [0.1, 0.15) is 5.56 Å². The van der Waals surface area contributed by atoms with Gasteiger partial charge in [-0.3, -0.25) is 0 Å². The SMILES string of the molecule is Cc1c(O)cc(OC#N)c(Br)c1Br. The summed E-state index contributed by atoms with van der Waals surface area (Å²) >= 11 is 6.49. The average molecular weight is 307 g/mol. The van der Waals surface area contributed by atoms with Gasteiger partial charge in [-0.1, -0.05) is 0 Å². The van der Waals surface area contributed by atoms with Crippen molar-refractivity contribution >= 4 is 31.9 Å². The van der Waals surface area contributed by atoms with Crippen molar-refractivity contribution < 1.29 is 9.84 Å². The Morgan fingerprint density at radius 2 is 2.08 bits per heavy atom. The van der Waals surface area contributed by atoms with Gasteiger partial charge in [-0.15, -0.1) is 5.26 Å². The summed E-state index contributed by atoms with van der Waals surface area (Å²) in [6.07, 6.45) is 1.54. The lowest BCUT2D eigenvalue weighted by Crippen LogP contribution is -1.87. The molecule has 0 bridgehead atoms. The monoisotopic (exact) mass is 305 g/mol. The smallest absolute Gasteiger partial charge is 0.292 e. The van der Waals surface area contributed by atoms with Gasteiger partial charge in [0.1, 0.15) is 5.75 Å². The summed E-state index contributed by atoms with van der Waals surface area (Å²) in [6, 6.07) is 1.38. The van der Waals surface area contributed by atoms with Crippen LogP contribution in [0.2, 0.25) is 0 Å². The van der Waals surface area contributed by atoms with Gasteiger partial charge in [0.05, 0.1) is 4.47 Å². The van der Waals surface area contributed by atoms with Gasteiger partial charge in [0.15, 0.2) is 5.75 Å². The lowest BCUT2D eigenvalue weighted by Gasteiger charge is -2.07. The third-order valence-electron chi connectivity index (χ3n) is 1.55. The summed E-state index contributed by atoms with van der Waals surface area (Å²) in [4.78, 5) is 0. The van der Waals surface area contributed by atoms with E-state index in [9.17, 15) is 5.11 Å². The summed E-state index contributed by atoms with van der Waals surface area (Å²) < 4.78 is 5.92. The fourth-order valence-electron chi connectivity index (χ4n) is 0.804. The first kappa shape index (κ1) is 10.4. The highest BCUT2D eigenvalue weighted by Crippen LogP contribution is 2.39. The molecule has 3 nitrogen and oxygen atoms in total. The minimum atomic E-state index is 0.0836. The largest absolute Gasteiger partial charge is 0.507 e. The maximum atomic E-state index is 9.39. The maximum absolute atomic E-state index is 9.39. The van der Waals surface area contributed by atoms with Gasteiger partial charge in [0.25, 0.3) is 6.26 Å². The van der Waals surface area contributed by atoms with E-state index in [0.29, 0.717) is 14.5 Å². The molecule has 0 aromatic heterocycles. The second kappa shape index (κ2) is 3.99. The summed E-state index contributed by atoms with van der Waals surface area (Å²) in [7, 11) is 0. The van der Waals surface area contributed by atoms with E-state index in [1.54, 1.807) is 6.92 Å². The minimum Gasteiger partial charge on any atom is -0.507 e. The Hall–Kier alpha value is -0.730. The minimum absolute atomic E-state index is 0.0836. The third-order valence-corrected chi connectivity index (χ3v) is 3.86. The number of phenols is 1. The van der Waals surface area contributed by atoms with Gasteiger partial charge in [0, 0.05) is 16.1 Å². The van der Waals surface area contributed by atoms with E-state index < -0.39 is 0 Å². The van der Waals surface area contributed by atoms with E-state index in [1.165, 1.54) is 12.3 Å². The molecule has 1 aromatic rings. The van der Waals surface area contributed by atoms with Crippen molar-refractivity contribution in [3.05, 3.63) is 20.6 Å². The Morgan fingerprint density at radius 3 is 2.62 bits per heavy atom. The van der Waals surface area contributed by atoms with Crippen LogP contribution in [0, 0.1) is 18.4 Å². The first-order chi connectivity index (χ1) is 6.07. The molecule has 0 amide bonds. The van der Waals surface area contributed by atoms with Gasteiger partial charge < -0.3 is 9.84 Å². The molecule has 1 aromatic carbocycles. The number of nitrogens with zero attached hydrogens (tertiary/aromatic N) is 1. The molecular formula is C8H5Br2NO2. The van der Waals surface area contributed by atoms with Crippen LogP contribution >= 0.6 is 31.9 Å². The molecule has 13 heavy (non-hydrogen) atoms. The van der Waals surface area contributed by atoms with E-state index >= 15 is 0 Å². The molecule has 0 heterocycles. The second-order valence-electron chi connectivity index (χ2n) is 2.34.